The molecule has 0 radical (unpaired) electrons. The van der Waals surface area contributed by atoms with Crippen LogP contribution in [0.4, 0.5) is 10.5 Å². The molecule has 0 saturated carbocycles. The van der Waals surface area contributed by atoms with E-state index in [1.807, 2.05) is 12.1 Å². The van der Waals surface area contributed by atoms with Crippen molar-refractivity contribution in [2.45, 2.75) is 39.8 Å². The van der Waals surface area contributed by atoms with Crippen molar-refractivity contribution in [3.63, 3.8) is 0 Å². The lowest BCUT2D eigenvalue weighted by molar-refractivity contribution is 0.0472. The Hall–Kier alpha value is -2.24. The molecule has 9 heteroatoms. The Kier molecular flexibility index (Phi) is 13.6. The van der Waals surface area contributed by atoms with Crippen molar-refractivity contribution in [1.29, 1.82) is 0 Å². The van der Waals surface area contributed by atoms with Gasteiger partial charge in [-0.3, -0.25) is 9.88 Å². The summed E-state index contributed by atoms with van der Waals surface area (Å²) >= 11 is 2.15. The van der Waals surface area contributed by atoms with Gasteiger partial charge in [-0.15, -0.1) is 0 Å². The summed E-state index contributed by atoms with van der Waals surface area (Å²) in [5, 5.41) is 3.40. The van der Waals surface area contributed by atoms with Crippen molar-refractivity contribution in [1.82, 2.24) is 15.2 Å². The van der Waals surface area contributed by atoms with Crippen LogP contribution in [0.1, 0.15) is 48.3 Å². The molecule has 0 aliphatic heterocycles. The van der Waals surface area contributed by atoms with Crippen LogP contribution in [0.3, 0.4) is 0 Å². The maximum absolute atomic E-state index is 12.5. The smallest absolute Gasteiger partial charge is 0.414 e. The number of benzene rings is 1. The molecule has 1 N–H and O–H groups in total. The Morgan fingerprint density at radius 3 is 2.49 bits per heavy atom. The summed E-state index contributed by atoms with van der Waals surface area (Å²) in [6.45, 7) is 9.74. The fraction of sp³-hybridized carbons (Fsp3) is 0.500. The average molecular weight is 597 g/mol. The van der Waals surface area contributed by atoms with Gasteiger partial charge in [0.15, 0.2) is 0 Å². The molecule has 0 fully saturated rings. The summed E-state index contributed by atoms with van der Waals surface area (Å²) < 4.78 is 11.4. The first kappa shape index (κ1) is 29.0. The molecular weight excluding hydrogens is 559 g/mol. The van der Waals surface area contributed by atoms with E-state index in [2.05, 4.69) is 51.6 Å². The standard InChI is InChI=1S/C26H37IN4O4/c1-4-31(5-2)16-7-6-14-28-19-23-18-22(12-15-29-23)25(32)35-20-21-8-10-24(11-9-21)30(3)26(33)34-17-13-27/h8-12,15,18,28H,4-7,13-14,16-17,19-20H2,1-3H3. The second kappa shape index (κ2) is 16.4. The summed E-state index contributed by atoms with van der Waals surface area (Å²) in [7, 11) is 1.66. The first-order valence-corrected chi connectivity index (χ1v) is 13.6. The summed E-state index contributed by atoms with van der Waals surface area (Å²) in [4.78, 5) is 32.7. The van der Waals surface area contributed by atoms with Crippen LogP contribution in [0.15, 0.2) is 42.6 Å². The van der Waals surface area contributed by atoms with E-state index in [9.17, 15) is 9.59 Å². The number of unbranched alkanes of at least 4 members (excludes halogenated alkanes) is 1. The highest BCUT2D eigenvalue weighted by Gasteiger charge is 2.13. The summed E-state index contributed by atoms with van der Waals surface area (Å²) in [6.07, 6.45) is 3.50. The number of hydrogen-bond acceptors (Lipinski definition) is 7. The van der Waals surface area contributed by atoms with E-state index in [-0.39, 0.29) is 6.61 Å². The maximum Gasteiger partial charge on any atom is 0.414 e. The van der Waals surface area contributed by atoms with Gasteiger partial charge < -0.3 is 19.7 Å². The highest BCUT2D eigenvalue weighted by molar-refractivity contribution is 14.1. The predicted molar refractivity (Wildman–Crippen MR) is 147 cm³/mol. The Morgan fingerprint density at radius 1 is 1.06 bits per heavy atom. The first-order chi connectivity index (χ1) is 17.0. The lowest BCUT2D eigenvalue weighted by Crippen LogP contribution is -2.27. The molecule has 1 aromatic heterocycles. The highest BCUT2D eigenvalue weighted by Crippen LogP contribution is 2.16. The van der Waals surface area contributed by atoms with Gasteiger partial charge in [0.05, 0.1) is 11.3 Å². The van der Waals surface area contributed by atoms with Gasteiger partial charge in [0, 0.05) is 29.9 Å². The number of amides is 1. The molecule has 2 aromatic rings. The number of rotatable bonds is 15. The van der Waals surface area contributed by atoms with E-state index in [0.29, 0.717) is 24.4 Å². The van der Waals surface area contributed by atoms with Crippen molar-refractivity contribution >= 4 is 40.3 Å². The van der Waals surface area contributed by atoms with E-state index >= 15 is 0 Å². The highest BCUT2D eigenvalue weighted by atomic mass is 127. The molecule has 35 heavy (non-hydrogen) atoms. The van der Waals surface area contributed by atoms with Crippen LogP contribution >= 0.6 is 22.6 Å². The lowest BCUT2D eigenvalue weighted by Gasteiger charge is -2.17. The Morgan fingerprint density at radius 2 is 1.80 bits per heavy atom. The van der Waals surface area contributed by atoms with Gasteiger partial charge in [0.25, 0.3) is 0 Å². The molecule has 0 spiro atoms. The van der Waals surface area contributed by atoms with Gasteiger partial charge >= 0.3 is 12.1 Å². The molecule has 1 heterocycles. The molecule has 192 valence electrons. The molecule has 0 aliphatic carbocycles. The van der Waals surface area contributed by atoms with Gasteiger partial charge in [0.2, 0.25) is 0 Å². The van der Waals surface area contributed by atoms with E-state index in [0.717, 1.165) is 54.7 Å². The van der Waals surface area contributed by atoms with Crippen LogP contribution in [-0.4, -0.2) is 66.2 Å². The summed E-state index contributed by atoms with van der Waals surface area (Å²) in [5.74, 6) is -0.392. The molecule has 0 atom stereocenters. The number of pyridine rings is 1. The fourth-order valence-electron chi connectivity index (χ4n) is 3.42. The first-order valence-electron chi connectivity index (χ1n) is 12.1. The van der Waals surface area contributed by atoms with Gasteiger partial charge in [0.1, 0.15) is 13.2 Å². The van der Waals surface area contributed by atoms with Crippen LogP contribution in [0.5, 0.6) is 0 Å². The maximum atomic E-state index is 12.5. The topological polar surface area (TPSA) is 84.0 Å². The zero-order valence-electron chi connectivity index (χ0n) is 21.0. The molecule has 1 amide bonds. The van der Waals surface area contributed by atoms with E-state index in [4.69, 9.17) is 9.47 Å². The molecule has 0 bridgehead atoms. The van der Waals surface area contributed by atoms with Gasteiger partial charge in [-0.2, -0.15) is 0 Å². The van der Waals surface area contributed by atoms with E-state index < -0.39 is 12.1 Å². The Balaban J connectivity index is 1.76. The second-order valence-electron chi connectivity index (χ2n) is 8.05. The number of aromatic nitrogens is 1. The van der Waals surface area contributed by atoms with Crippen LogP contribution in [0.2, 0.25) is 0 Å². The number of anilines is 1. The number of hydrogen-bond donors (Lipinski definition) is 1. The van der Waals surface area contributed by atoms with E-state index in [1.54, 1.807) is 37.5 Å². The number of nitrogens with zero attached hydrogens (tertiary/aromatic N) is 3. The number of halogens is 1. The lowest BCUT2D eigenvalue weighted by atomic mass is 10.2. The average Bonchev–Trinajstić information content (AvgIpc) is 2.90. The molecule has 0 aliphatic rings. The molecule has 2 rings (SSSR count). The molecule has 8 nitrogen and oxygen atoms in total. The van der Waals surface area contributed by atoms with E-state index in [1.165, 1.54) is 4.90 Å². The minimum absolute atomic E-state index is 0.143. The molecular formula is C26H37IN4O4. The Bertz CT molecular complexity index is 906. The van der Waals surface area contributed by atoms with Gasteiger partial charge in [-0.25, -0.2) is 9.59 Å². The number of carbonyl (C=O) groups excluding carboxylic acids is 2. The molecule has 0 unspecified atom stereocenters. The number of carbonyl (C=O) groups is 2. The third-order valence-electron chi connectivity index (χ3n) is 5.60. The SMILES string of the molecule is CCN(CC)CCCCNCc1cc(C(=O)OCc2ccc(N(C)C(=O)OCCI)cc2)ccn1. The zero-order chi connectivity index (χ0) is 25.5. The molecule has 0 saturated heterocycles. The number of esters is 1. The third kappa shape index (κ3) is 10.5. The van der Waals surface area contributed by atoms with Crippen molar-refractivity contribution < 1.29 is 19.1 Å². The predicted octanol–water partition coefficient (Wildman–Crippen LogP) is 4.66. The monoisotopic (exact) mass is 596 g/mol. The quantitative estimate of drug-likeness (QED) is 0.139. The number of nitrogens with one attached hydrogen (secondary N) is 1. The second-order valence-corrected chi connectivity index (χ2v) is 9.13. The number of ether oxygens (including phenoxy) is 2. The van der Waals surface area contributed by atoms with Crippen molar-refractivity contribution in [2.75, 3.05) is 49.2 Å². The minimum atomic E-state index is -0.400. The van der Waals surface area contributed by atoms with Crippen LogP contribution in [0.25, 0.3) is 0 Å². The third-order valence-corrected chi connectivity index (χ3v) is 6.04. The van der Waals surface area contributed by atoms with Crippen LogP contribution in [0, 0.1) is 0 Å². The fourth-order valence-corrected chi connectivity index (χ4v) is 3.64. The van der Waals surface area contributed by atoms with Gasteiger partial charge in [-0.05, 0) is 68.8 Å². The summed E-state index contributed by atoms with van der Waals surface area (Å²) in [5.41, 5.74) is 2.83. The van der Waals surface area contributed by atoms with Crippen LogP contribution in [-0.2, 0) is 22.6 Å². The normalized spacial score (nSPS) is 10.9. The van der Waals surface area contributed by atoms with Crippen LogP contribution < -0.4 is 10.2 Å². The Labute approximate surface area is 222 Å². The van der Waals surface area contributed by atoms with Crippen molar-refractivity contribution in [3.05, 3.63) is 59.4 Å². The zero-order valence-corrected chi connectivity index (χ0v) is 23.1. The largest absolute Gasteiger partial charge is 0.457 e. The minimum Gasteiger partial charge on any atom is -0.457 e. The van der Waals surface area contributed by atoms with Gasteiger partial charge in [-0.1, -0.05) is 48.6 Å². The number of alkyl halides is 1. The summed E-state index contributed by atoms with van der Waals surface area (Å²) in [6, 6.07) is 10.7. The van der Waals surface area contributed by atoms with Crippen molar-refractivity contribution in [3.8, 4) is 0 Å². The molecule has 1 aromatic carbocycles. The van der Waals surface area contributed by atoms with Crippen molar-refractivity contribution in [2.24, 2.45) is 0 Å².